The van der Waals surface area contributed by atoms with E-state index >= 15 is 0 Å². The zero-order chi connectivity index (χ0) is 19.0. The van der Waals surface area contributed by atoms with Gasteiger partial charge in [-0.05, 0) is 50.0 Å². The van der Waals surface area contributed by atoms with E-state index in [4.69, 9.17) is 0 Å². The molecule has 2 saturated carbocycles. The number of hydrogen-bond donors (Lipinski definition) is 1. The number of carbonyl (C=O) groups is 1. The van der Waals surface area contributed by atoms with Crippen molar-refractivity contribution in [2.45, 2.75) is 50.3 Å². The van der Waals surface area contributed by atoms with Gasteiger partial charge in [0.05, 0.1) is 5.75 Å². The second-order valence-corrected chi connectivity index (χ2v) is 10.3. The predicted octanol–water partition coefficient (Wildman–Crippen LogP) is 2.67. The molecule has 148 valence electrons. The Hall–Kier alpha value is -1.47. The van der Waals surface area contributed by atoms with Gasteiger partial charge in [0, 0.05) is 30.6 Å². The molecule has 3 atom stereocenters. The molecule has 1 aromatic carbocycles. The maximum atomic E-state index is 13.8. The van der Waals surface area contributed by atoms with E-state index in [1.54, 1.807) is 12.1 Å². The van der Waals surface area contributed by atoms with Gasteiger partial charge in [0.1, 0.15) is 5.82 Å². The molecule has 1 N–H and O–H groups in total. The molecule has 27 heavy (non-hydrogen) atoms. The standard InChI is InChI=1S/C20H27FN2O3S/c21-18-4-2-1-3-17(18)13-27(25,26)23-9-7-15(8-10-23)20(24)22-19-12-14-5-6-16(19)11-14/h1-4,14-16,19H,5-13H2,(H,22,24)/t14-,16-,19+/m1/s1. The molecule has 1 saturated heterocycles. The summed E-state index contributed by atoms with van der Waals surface area (Å²) in [4.78, 5) is 12.6. The lowest BCUT2D eigenvalue weighted by Gasteiger charge is -2.32. The van der Waals surface area contributed by atoms with E-state index in [9.17, 15) is 17.6 Å². The highest BCUT2D eigenvalue weighted by Gasteiger charge is 2.41. The Bertz CT molecular complexity index is 805. The van der Waals surface area contributed by atoms with Crippen LogP contribution in [-0.4, -0.2) is 37.8 Å². The molecule has 3 aliphatic rings. The van der Waals surface area contributed by atoms with Crippen LogP contribution in [0.2, 0.25) is 0 Å². The Kier molecular flexibility index (Phi) is 5.25. The number of hydrogen-bond acceptors (Lipinski definition) is 3. The zero-order valence-corrected chi connectivity index (χ0v) is 16.3. The van der Waals surface area contributed by atoms with Gasteiger partial charge in [0.2, 0.25) is 15.9 Å². The van der Waals surface area contributed by atoms with Crippen LogP contribution in [0, 0.1) is 23.6 Å². The van der Waals surface area contributed by atoms with Gasteiger partial charge in [-0.25, -0.2) is 17.1 Å². The van der Waals surface area contributed by atoms with Crippen molar-refractivity contribution >= 4 is 15.9 Å². The third kappa shape index (κ3) is 4.04. The molecule has 0 unspecified atom stereocenters. The number of sulfonamides is 1. The number of halogens is 1. The lowest BCUT2D eigenvalue weighted by Crippen LogP contribution is -2.46. The molecule has 0 spiro atoms. The summed E-state index contributed by atoms with van der Waals surface area (Å²) >= 11 is 0. The Balaban J connectivity index is 1.30. The lowest BCUT2D eigenvalue weighted by molar-refractivity contribution is -0.127. The van der Waals surface area contributed by atoms with Crippen LogP contribution in [0.3, 0.4) is 0 Å². The summed E-state index contributed by atoms with van der Waals surface area (Å²) in [5, 5.41) is 3.22. The molecule has 5 nitrogen and oxygen atoms in total. The highest BCUT2D eigenvalue weighted by molar-refractivity contribution is 7.88. The van der Waals surface area contributed by atoms with E-state index in [-0.39, 0.29) is 23.1 Å². The molecule has 1 heterocycles. The highest BCUT2D eigenvalue weighted by atomic mass is 32.2. The average molecular weight is 395 g/mol. The molecular formula is C20H27FN2O3S. The number of piperidine rings is 1. The van der Waals surface area contributed by atoms with Crippen molar-refractivity contribution in [1.29, 1.82) is 0 Å². The lowest BCUT2D eigenvalue weighted by atomic mass is 9.93. The van der Waals surface area contributed by atoms with Gasteiger partial charge in [-0.2, -0.15) is 0 Å². The summed E-state index contributed by atoms with van der Waals surface area (Å²) in [5.41, 5.74) is 0.189. The minimum atomic E-state index is -3.58. The monoisotopic (exact) mass is 394 g/mol. The van der Waals surface area contributed by atoms with Gasteiger partial charge in [0.25, 0.3) is 0 Å². The van der Waals surface area contributed by atoms with Crippen molar-refractivity contribution in [3.63, 3.8) is 0 Å². The second-order valence-electron chi connectivity index (χ2n) is 8.31. The molecular weight excluding hydrogens is 367 g/mol. The topological polar surface area (TPSA) is 66.5 Å². The first-order chi connectivity index (χ1) is 12.9. The maximum Gasteiger partial charge on any atom is 0.223 e. The van der Waals surface area contributed by atoms with Gasteiger partial charge >= 0.3 is 0 Å². The molecule has 0 radical (unpaired) electrons. The predicted molar refractivity (Wildman–Crippen MR) is 101 cm³/mol. The number of nitrogens with one attached hydrogen (secondary N) is 1. The summed E-state index contributed by atoms with van der Waals surface area (Å²) in [5.74, 6) is 0.552. The molecule has 2 aliphatic carbocycles. The van der Waals surface area contributed by atoms with Crippen LogP contribution in [0.15, 0.2) is 24.3 Å². The molecule has 0 aromatic heterocycles. The Morgan fingerprint density at radius 2 is 1.85 bits per heavy atom. The number of nitrogens with zero attached hydrogens (tertiary/aromatic N) is 1. The van der Waals surface area contributed by atoms with E-state index in [1.807, 2.05) is 0 Å². The van der Waals surface area contributed by atoms with Crippen LogP contribution in [0.5, 0.6) is 0 Å². The van der Waals surface area contributed by atoms with Crippen molar-refractivity contribution in [2.75, 3.05) is 13.1 Å². The largest absolute Gasteiger partial charge is 0.353 e. The van der Waals surface area contributed by atoms with Crippen molar-refractivity contribution in [2.24, 2.45) is 17.8 Å². The van der Waals surface area contributed by atoms with E-state index in [2.05, 4.69) is 5.32 Å². The molecule has 4 rings (SSSR count). The molecule has 2 bridgehead atoms. The quantitative estimate of drug-likeness (QED) is 0.835. The molecule has 3 fully saturated rings. The first-order valence-electron chi connectivity index (χ1n) is 9.94. The zero-order valence-electron chi connectivity index (χ0n) is 15.4. The van der Waals surface area contributed by atoms with Crippen LogP contribution >= 0.6 is 0 Å². The SMILES string of the molecule is O=C(N[C@H]1C[C@@H]2CC[C@@H]1C2)C1CCN(S(=O)(=O)Cc2ccccc2F)CC1. The van der Waals surface area contributed by atoms with E-state index in [0.717, 1.165) is 12.3 Å². The summed E-state index contributed by atoms with van der Waals surface area (Å²) in [6, 6.07) is 6.28. The summed E-state index contributed by atoms with van der Waals surface area (Å²) in [6.07, 6.45) is 5.94. The van der Waals surface area contributed by atoms with Gasteiger partial charge < -0.3 is 5.32 Å². The number of benzene rings is 1. The van der Waals surface area contributed by atoms with Gasteiger partial charge in [-0.15, -0.1) is 0 Å². The molecule has 7 heteroatoms. The van der Waals surface area contributed by atoms with Crippen molar-refractivity contribution in [1.82, 2.24) is 9.62 Å². The van der Waals surface area contributed by atoms with Crippen molar-refractivity contribution in [3.8, 4) is 0 Å². The van der Waals surface area contributed by atoms with Crippen molar-refractivity contribution in [3.05, 3.63) is 35.6 Å². The fourth-order valence-electron chi connectivity index (χ4n) is 5.02. The third-order valence-electron chi connectivity index (χ3n) is 6.58. The fourth-order valence-corrected chi connectivity index (χ4v) is 6.60. The Morgan fingerprint density at radius 3 is 2.48 bits per heavy atom. The smallest absolute Gasteiger partial charge is 0.223 e. The first kappa shape index (κ1) is 18.9. The van der Waals surface area contributed by atoms with Crippen LogP contribution in [-0.2, 0) is 20.6 Å². The van der Waals surface area contributed by atoms with Crippen LogP contribution in [0.1, 0.15) is 44.1 Å². The van der Waals surface area contributed by atoms with E-state index in [1.165, 1.54) is 35.7 Å². The molecule has 1 aromatic rings. The molecule has 1 aliphatic heterocycles. The highest BCUT2D eigenvalue weighted by Crippen LogP contribution is 2.44. The maximum absolute atomic E-state index is 13.8. The summed E-state index contributed by atoms with van der Waals surface area (Å²) in [7, 11) is -3.58. The second kappa shape index (κ2) is 7.51. The van der Waals surface area contributed by atoms with Gasteiger partial charge in [-0.1, -0.05) is 24.6 Å². The van der Waals surface area contributed by atoms with Gasteiger partial charge in [-0.3, -0.25) is 4.79 Å². The first-order valence-corrected chi connectivity index (χ1v) is 11.5. The van der Waals surface area contributed by atoms with Gasteiger partial charge in [0.15, 0.2) is 0 Å². The number of carbonyl (C=O) groups excluding carboxylic acids is 1. The van der Waals surface area contributed by atoms with E-state index in [0.29, 0.717) is 37.9 Å². The number of rotatable bonds is 5. The van der Waals surface area contributed by atoms with Crippen LogP contribution in [0.25, 0.3) is 0 Å². The minimum absolute atomic E-state index is 0.0821. The minimum Gasteiger partial charge on any atom is -0.353 e. The fraction of sp³-hybridized carbons (Fsp3) is 0.650. The summed E-state index contributed by atoms with van der Waals surface area (Å²) in [6.45, 7) is 0.650. The van der Waals surface area contributed by atoms with E-state index < -0.39 is 15.8 Å². The van der Waals surface area contributed by atoms with Crippen LogP contribution < -0.4 is 5.32 Å². The Labute approximate surface area is 160 Å². The third-order valence-corrected chi connectivity index (χ3v) is 8.41. The molecule has 1 amide bonds. The number of fused-ring (bicyclic) bond motifs is 2. The van der Waals surface area contributed by atoms with Crippen LogP contribution in [0.4, 0.5) is 4.39 Å². The normalized spacial score (nSPS) is 29.1. The summed E-state index contributed by atoms with van der Waals surface area (Å²) < 4.78 is 40.4. The Morgan fingerprint density at radius 1 is 1.11 bits per heavy atom. The average Bonchev–Trinajstić information content (AvgIpc) is 3.27. The van der Waals surface area contributed by atoms with Crippen molar-refractivity contribution < 1.29 is 17.6 Å². The number of amides is 1.